The number of benzene rings is 2. The van der Waals surface area contributed by atoms with Crippen LogP contribution in [0.15, 0.2) is 73.2 Å². The molecule has 30 heavy (non-hydrogen) atoms. The van der Waals surface area contributed by atoms with Crippen molar-refractivity contribution in [3.05, 3.63) is 84.3 Å². The van der Waals surface area contributed by atoms with Gasteiger partial charge >= 0.3 is 0 Å². The highest BCUT2D eigenvalue weighted by Gasteiger charge is 2.31. The highest BCUT2D eigenvalue weighted by atomic mass is 16.5. The van der Waals surface area contributed by atoms with E-state index in [0.717, 1.165) is 36.4 Å². The van der Waals surface area contributed by atoms with Gasteiger partial charge in [-0.25, -0.2) is 4.98 Å². The van der Waals surface area contributed by atoms with Crippen molar-refractivity contribution < 1.29 is 4.74 Å². The Bertz CT molecular complexity index is 1130. The minimum atomic E-state index is 0.262. The fraction of sp³-hybridized carbons (Fsp3) is 0.280. The average Bonchev–Trinajstić information content (AvgIpc) is 3.44. The maximum Gasteiger partial charge on any atom is 0.140 e. The molecule has 2 aromatic carbocycles. The molecule has 1 aliphatic rings. The first-order valence-corrected chi connectivity index (χ1v) is 10.6. The summed E-state index contributed by atoms with van der Waals surface area (Å²) in [6.45, 7) is 2.13. The zero-order valence-corrected chi connectivity index (χ0v) is 16.9. The Morgan fingerprint density at radius 1 is 0.967 bits per heavy atom. The summed E-state index contributed by atoms with van der Waals surface area (Å²) in [5, 5.41) is 1.23. The van der Waals surface area contributed by atoms with Gasteiger partial charge in [0.15, 0.2) is 0 Å². The van der Waals surface area contributed by atoms with Crippen molar-refractivity contribution in [2.45, 2.75) is 18.9 Å². The van der Waals surface area contributed by atoms with Crippen LogP contribution in [0.25, 0.3) is 22.3 Å². The van der Waals surface area contributed by atoms with E-state index in [1.807, 2.05) is 18.5 Å². The Morgan fingerprint density at radius 3 is 2.70 bits per heavy atom. The average molecular weight is 399 g/mol. The number of pyridine rings is 1. The Kier molecular flexibility index (Phi) is 5.30. The molecule has 1 fully saturated rings. The minimum Gasteiger partial charge on any atom is -0.379 e. The summed E-state index contributed by atoms with van der Waals surface area (Å²) in [6.07, 6.45) is 7.74. The third-order valence-electron chi connectivity index (χ3n) is 6.06. The van der Waals surface area contributed by atoms with Crippen LogP contribution < -0.4 is 5.73 Å². The van der Waals surface area contributed by atoms with Gasteiger partial charge in [-0.15, -0.1) is 0 Å². The monoisotopic (exact) mass is 398 g/mol. The van der Waals surface area contributed by atoms with Gasteiger partial charge in [0, 0.05) is 35.5 Å². The van der Waals surface area contributed by atoms with E-state index in [0.29, 0.717) is 19.1 Å². The molecule has 1 aliphatic heterocycles. The van der Waals surface area contributed by atoms with E-state index in [2.05, 4.69) is 69.3 Å². The lowest BCUT2D eigenvalue weighted by atomic mass is 9.92. The van der Waals surface area contributed by atoms with Gasteiger partial charge in [-0.2, -0.15) is 0 Å². The highest BCUT2D eigenvalue weighted by molar-refractivity contribution is 5.81. The molecule has 5 heteroatoms. The van der Waals surface area contributed by atoms with Crippen LogP contribution in [0, 0.1) is 5.92 Å². The van der Waals surface area contributed by atoms with E-state index in [9.17, 15) is 0 Å². The molecule has 1 saturated heterocycles. The standard InChI is InChI=1S/C25H26N4O/c26-11-9-18-5-7-19(8-6-18)25-28-13-14-29(25)24-17-30-16-21(24)15-20-10-12-27-23-4-2-1-3-22(20)23/h1-8,10,12-14,21,24H,9,11,15-17,26H2/t21-,24-/m1/s1. The molecule has 152 valence electrons. The van der Waals surface area contributed by atoms with Gasteiger partial charge in [-0.3, -0.25) is 4.98 Å². The molecule has 2 aromatic heterocycles. The van der Waals surface area contributed by atoms with Crippen LogP contribution in [0.5, 0.6) is 0 Å². The first-order valence-electron chi connectivity index (χ1n) is 10.6. The molecule has 0 saturated carbocycles. The van der Waals surface area contributed by atoms with Crippen molar-refractivity contribution in [1.29, 1.82) is 0 Å². The number of fused-ring (bicyclic) bond motifs is 1. The van der Waals surface area contributed by atoms with Gasteiger partial charge < -0.3 is 15.0 Å². The van der Waals surface area contributed by atoms with E-state index in [1.54, 1.807) is 0 Å². The van der Waals surface area contributed by atoms with E-state index < -0.39 is 0 Å². The van der Waals surface area contributed by atoms with Crippen molar-refractivity contribution in [3.8, 4) is 11.4 Å². The fourth-order valence-electron chi connectivity index (χ4n) is 4.50. The topological polar surface area (TPSA) is 66.0 Å². The van der Waals surface area contributed by atoms with Gasteiger partial charge in [0.2, 0.25) is 0 Å². The number of nitrogens with zero attached hydrogens (tertiary/aromatic N) is 3. The van der Waals surface area contributed by atoms with Crippen molar-refractivity contribution in [1.82, 2.24) is 14.5 Å². The van der Waals surface area contributed by atoms with Crippen LogP contribution >= 0.6 is 0 Å². The highest BCUT2D eigenvalue weighted by Crippen LogP contribution is 2.34. The molecule has 2 atom stereocenters. The molecule has 3 heterocycles. The molecule has 0 bridgehead atoms. The van der Waals surface area contributed by atoms with Crippen molar-refractivity contribution in [2.75, 3.05) is 19.8 Å². The lowest BCUT2D eigenvalue weighted by Crippen LogP contribution is -2.20. The first kappa shape index (κ1) is 19.0. The summed E-state index contributed by atoms with van der Waals surface area (Å²) in [4.78, 5) is 9.18. The molecule has 0 unspecified atom stereocenters. The number of para-hydroxylation sites is 1. The van der Waals surface area contributed by atoms with Crippen molar-refractivity contribution in [2.24, 2.45) is 11.7 Å². The molecule has 0 aliphatic carbocycles. The molecule has 5 nitrogen and oxygen atoms in total. The van der Waals surface area contributed by atoms with Gasteiger partial charge in [0.05, 0.1) is 24.8 Å². The zero-order chi connectivity index (χ0) is 20.3. The normalized spacial score (nSPS) is 18.8. The second kappa shape index (κ2) is 8.38. The molecule has 4 aromatic rings. The third-order valence-corrected chi connectivity index (χ3v) is 6.06. The van der Waals surface area contributed by atoms with Crippen LogP contribution in [-0.4, -0.2) is 34.3 Å². The third kappa shape index (κ3) is 3.62. The number of aromatic nitrogens is 3. The summed E-state index contributed by atoms with van der Waals surface area (Å²) in [5.74, 6) is 1.38. The predicted molar refractivity (Wildman–Crippen MR) is 119 cm³/mol. The Hall–Kier alpha value is -3.02. The number of hydrogen-bond donors (Lipinski definition) is 1. The number of ether oxygens (including phenoxy) is 1. The summed E-state index contributed by atoms with van der Waals surface area (Å²) in [7, 11) is 0. The number of hydrogen-bond acceptors (Lipinski definition) is 4. The van der Waals surface area contributed by atoms with E-state index in [1.165, 1.54) is 16.5 Å². The van der Waals surface area contributed by atoms with Crippen LogP contribution in [0.1, 0.15) is 17.2 Å². The second-order valence-electron chi connectivity index (χ2n) is 7.95. The van der Waals surface area contributed by atoms with Crippen molar-refractivity contribution in [3.63, 3.8) is 0 Å². The molecule has 5 rings (SSSR count). The molecule has 0 amide bonds. The van der Waals surface area contributed by atoms with E-state index in [4.69, 9.17) is 10.5 Å². The fourth-order valence-corrected chi connectivity index (χ4v) is 4.50. The lowest BCUT2D eigenvalue weighted by molar-refractivity contribution is 0.181. The number of imidazole rings is 1. The van der Waals surface area contributed by atoms with Crippen LogP contribution in [0.4, 0.5) is 0 Å². The summed E-state index contributed by atoms with van der Waals surface area (Å²) >= 11 is 0. The van der Waals surface area contributed by atoms with Crippen LogP contribution in [0.2, 0.25) is 0 Å². The minimum absolute atomic E-state index is 0.262. The second-order valence-corrected chi connectivity index (χ2v) is 7.95. The Labute approximate surface area is 176 Å². The van der Waals surface area contributed by atoms with Gasteiger partial charge in [0.25, 0.3) is 0 Å². The van der Waals surface area contributed by atoms with Crippen LogP contribution in [0.3, 0.4) is 0 Å². The molecular formula is C25H26N4O. The van der Waals surface area contributed by atoms with E-state index >= 15 is 0 Å². The first-order chi connectivity index (χ1) is 14.8. The lowest BCUT2D eigenvalue weighted by Gasteiger charge is -2.22. The molecule has 2 N–H and O–H groups in total. The van der Waals surface area contributed by atoms with Gasteiger partial charge in [0.1, 0.15) is 5.82 Å². The zero-order valence-electron chi connectivity index (χ0n) is 16.9. The Morgan fingerprint density at radius 2 is 1.83 bits per heavy atom. The predicted octanol–water partition coefficient (Wildman–Crippen LogP) is 4.03. The maximum absolute atomic E-state index is 5.94. The molecule has 0 spiro atoms. The molecule has 0 radical (unpaired) electrons. The van der Waals surface area contributed by atoms with E-state index in [-0.39, 0.29) is 6.04 Å². The number of rotatable bonds is 6. The summed E-state index contributed by atoms with van der Waals surface area (Å²) in [6, 6.07) is 19.3. The van der Waals surface area contributed by atoms with Gasteiger partial charge in [-0.05, 0) is 42.6 Å². The summed E-state index contributed by atoms with van der Waals surface area (Å²) < 4.78 is 8.23. The smallest absolute Gasteiger partial charge is 0.140 e. The maximum atomic E-state index is 5.94. The largest absolute Gasteiger partial charge is 0.379 e. The SMILES string of the molecule is NCCc1ccc(-c2nccn2[C@@H]2COC[C@H]2Cc2ccnc3ccccc23)cc1. The van der Waals surface area contributed by atoms with Crippen LogP contribution in [-0.2, 0) is 17.6 Å². The number of nitrogens with two attached hydrogens (primary N) is 1. The van der Waals surface area contributed by atoms with Crippen molar-refractivity contribution >= 4 is 10.9 Å². The molecular weight excluding hydrogens is 372 g/mol. The Balaban J connectivity index is 1.43. The van der Waals surface area contributed by atoms with Gasteiger partial charge in [-0.1, -0.05) is 42.5 Å². The summed E-state index contributed by atoms with van der Waals surface area (Å²) in [5.41, 5.74) is 10.4. The quantitative estimate of drug-likeness (QED) is 0.533.